The highest BCUT2D eigenvalue weighted by Crippen LogP contribution is 2.22. The summed E-state index contributed by atoms with van der Waals surface area (Å²) < 4.78 is 0.858. The van der Waals surface area contributed by atoms with Gasteiger partial charge >= 0.3 is 0 Å². The van der Waals surface area contributed by atoms with Crippen molar-refractivity contribution in [3.63, 3.8) is 0 Å². The van der Waals surface area contributed by atoms with Crippen LogP contribution in [0.2, 0.25) is 0 Å². The summed E-state index contributed by atoms with van der Waals surface area (Å²) in [6, 6.07) is 7.14. The third-order valence-electron chi connectivity index (χ3n) is 3.42. The number of carbonyl (C=O) groups excluding carboxylic acids is 3. The van der Waals surface area contributed by atoms with Crippen LogP contribution in [-0.2, 0) is 16.1 Å². The van der Waals surface area contributed by atoms with Crippen molar-refractivity contribution in [2.45, 2.75) is 13.0 Å². The molecule has 0 radical (unpaired) electrons. The van der Waals surface area contributed by atoms with E-state index in [2.05, 4.69) is 31.5 Å². The average molecular weight is 439 g/mol. The van der Waals surface area contributed by atoms with Crippen molar-refractivity contribution in [2.24, 2.45) is 0 Å². The molecule has 0 saturated carbocycles. The molecule has 0 aliphatic rings. The summed E-state index contributed by atoms with van der Waals surface area (Å²) >= 11 is 4.62. The van der Waals surface area contributed by atoms with Crippen molar-refractivity contribution in [3.05, 3.63) is 50.9 Å². The smallest absolute Gasteiger partial charge is 0.264 e. The highest BCUT2D eigenvalue weighted by molar-refractivity contribution is 9.11. The van der Waals surface area contributed by atoms with Gasteiger partial charge in [0.05, 0.1) is 15.2 Å². The van der Waals surface area contributed by atoms with Gasteiger partial charge in [-0.1, -0.05) is 0 Å². The molecule has 0 aliphatic heterocycles. The quantitative estimate of drug-likeness (QED) is 0.657. The highest BCUT2D eigenvalue weighted by atomic mass is 79.9. The maximum atomic E-state index is 12.2. The molecule has 0 saturated heterocycles. The van der Waals surface area contributed by atoms with Crippen molar-refractivity contribution in [2.75, 3.05) is 20.1 Å². The molecular weight excluding hydrogens is 420 g/mol. The van der Waals surface area contributed by atoms with Gasteiger partial charge in [0.15, 0.2) is 0 Å². The molecule has 3 amide bonds. The van der Waals surface area contributed by atoms with Gasteiger partial charge in [0.2, 0.25) is 11.8 Å². The van der Waals surface area contributed by atoms with Crippen molar-refractivity contribution in [1.29, 1.82) is 0 Å². The van der Waals surface area contributed by atoms with Crippen LogP contribution in [0.25, 0.3) is 0 Å². The number of carbonyl (C=O) groups is 3. The second kappa shape index (κ2) is 10.0. The third-order valence-corrected chi connectivity index (χ3v) is 5.04. The molecule has 138 valence electrons. The first kappa shape index (κ1) is 20.1. The van der Waals surface area contributed by atoms with Gasteiger partial charge in [0.1, 0.15) is 0 Å². The Morgan fingerprint density at radius 2 is 1.85 bits per heavy atom. The van der Waals surface area contributed by atoms with Crippen LogP contribution in [-0.4, -0.2) is 47.7 Å². The van der Waals surface area contributed by atoms with Crippen LogP contribution in [0.4, 0.5) is 0 Å². The van der Waals surface area contributed by atoms with E-state index in [1.165, 1.54) is 16.2 Å². The van der Waals surface area contributed by atoms with Crippen LogP contribution in [0, 0.1) is 0 Å². The number of nitrogens with zero attached hydrogens (tertiary/aromatic N) is 2. The maximum Gasteiger partial charge on any atom is 0.264 e. The molecule has 0 atom stereocenters. The lowest BCUT2D eigenvalue weighted by Crippen LogP contribution is -2.39. The Hall–Kier alpha value is -2.26. The minimum absolute atomic E-state index is 0.0625. The van der Waals surface area contributed by atoms with Gasteiger partial charge in [0, 0.05) is 39.0 Å². The zero-order valence-electron chi connectivity index (χ0n) is 14.2. The van der Waals surface area contributed by atoms with Crippen molar-refractivity contribution in [3.8, 4) is 0 Å². The number of thiophene rings is 1. The molecule has 0 aliphatic carbocycles. The molecule has 2 aromatic rings. The minimum atomic E-state index is -0.307. The van der Waals surface area contributed by atoms with Crippen molar-refractivity contribution < 1.29 is 14.4 Å². The number of nitrogens with one attached hydrogen (secondary N) is 2. The molecule has 0 spiro atoms. The number of hydrogen-bond acceptors (Lipinski definition) is 5. The molecule has 0 aromatic carbocycles. The largest absolute Gasteiger partial charge is 0.354 e. The molecule has 0 unspecified atom stereocenters. The predicted octanol–water partition coefficient (Wildman–Crippen LogP) is 1.80. The fourth-order valence-corrected chi connectivity index (χ4v) is 3.45. The summed E-state index contributed by atoms with van der Waals surface area (Å²) in [5.74, 6) is -0.681. The van der Waals surface area contributed by atoms with Crippen molar-refractivity contribution >= 4 is 45.0 Å². The third kappa shape index (κ3) is 6.57. The number of pyridine rings is 1. The van der Waals surface area contributed by atoms with Gasteiger partial charge in [-0.2, -0.15) is 0 Å². The van der Waals surface area contributed by atoms with Crippen LogP contribution < -0.4 is 10.6 Å². The van der Waals surface area contributed by atoms with Gasteiger partial charge in [-0.25, -0.2) is 0 Å². The van der Waals surface area contributed by atoms with Gasteiger partial charge < -0.3 is 15.5 Å². The lowest BCUT2D eigenvalue weighted by atomic mass is 10.2. The zero-order chi connectivity index (χ0) is 18.9. The van der Waals surface area contributed by atoms with Crippen LogP contribution in [0.3, 0.4) is 0 Å². The van der Waals surface area contributed by atoms with Crippen LogP contribution in [0.15, 0.2) is 40.4 Å². The summed E-state index contributed by atoms with van der Waals surface area (Å²) in [6.07, 6.45) is 3.50. The van der Waals surface area contributed by atoms with Crippen LogP contribution in [0.5, 0.6) is 0 Å². The van der Waals surface area contributed by atoms with Gasteiger partial charge in [-0.05, 0) is 45.8 Å². The van der Waals surface area contributed by atoms with E-state index in [0.717, 1.165) is 9.35 Å². The van der Waals surface area contributed by atoms with Gasteiger partial charge in [-0.3, -0.25) is 19.4 Å². The van der Waals surface area contributed by atoms with E-state index in [0.29, 0.717) is 11.4 Å². The Kier molecular flexibility index (Phi) is 7.73. The second-order valence-electron chi connectivity index (χ2n) is 5.50. The Morgan fingerprint density at radius 1 is 1.12 bits per heavy atom. The SMILES string of the molecule is CN(CC(=O)NCCC(=O)NCc1ccncc1)C(=O)c1ccc(Br)s1. The zero-order valence-corrected chi connectivity index (χ0v) is 16.6. The summed E-state index contributed by atoms with van der Waals surface area (Å²) in [5, 5.41) is 5.41. The number of amides is 3. The molecule has 9 heteroatoms. The van der Waals surface area contributed by atoms with E-state index < -0.39 is 0 Å². The molecule has 0 fully saturated rings. The highest BCUT2D eigenvalue weighted by Gasteiger charge is 2.16. The van der Waals surface area contributed by atoms with Crippen LogP contribution >= 0.6 is 27.3 Å². The lowest BCUT2D eigenvalue weighted by Gasteiger charge is -2.15. The Balaban J connectivity index is 1.65. The first-order valence-electron chi connectivity index (χ1n) is 7.89. The molecule has 0 bridgehead atoms. The lowest BCUT2D eigenvalue weighted by molar-refractivity contribution is -0.122. The van der Waals surface area contributed by atoms with E-state index >= 15 is 0 Å². The predicted molar refractivity (Wildman–Crippen MR) is 103 cm³/mol. The van der Waals surface area contributed by atoms with E-state index in [1.807, 2.05) is 12.1 Å². The van der Waals surface area contributed by atoms with Gasteiger partial charge in [-0.15, -0.1) is 11.3 Å². The van der Waals surface area contributed by atoms with E-state index in [1.54, 1.807) is 31.6 Å². The topological polar surface area (TPSA) is 91.4 Å². The molecule has 2 N–H and O–H groups in total. The fraction of sp³-hybridized carbons (Fsp3) is 0.294. The first-order valence-corrected chi connectivity index (χ1v) is 9.50. The Morgan fingerprint density at radius 3 is 2.50 bits per heavy atom. The summed E-state index contributed by atoms with van der Waals surface area (Å²) in [4.78, 5) is 41.6. The summed E-state index contributed by atoms with van der Waals surface area (Å²) in [7, 11) is 1.57. The Labute approximate surface area is 163 Å². The maximum absolute atomic E-state index is 12.2. The minimum Gasteiger partial charge on any atom is -0.354 e. The molecular formula is C17H19BrN4O3S. The fourth-order valence-electron chi connectivity index (χ4n) is 2.07. The number of aromatic nitrogens is 1. The Bertz CT molecular complexity index is 766. The average Bonchev–Trinajstić information content (AvgIpc) is 3.06. The normalized spacial score (nSPS) is 10.2. The number of hydrogen-bond donors (Lipinski definition) is 2. The summed E-state index contributed by atoms with van der Waals surface area (Å²) in [6.45, 7) is 0.573. The van der Waals surface area contributed by atoms with E-state index in [-0.39, 0.29) is 37.2 Å². The number of likely N-dealkylation sites (N-methyl/N-ethyl adjacent to an activating group) is 1. The molecule has 26 heavy (non-hydrogen) atoms. The number of rotatable bonds is 8. The second-order valence-corrected chi connectivity index (χ2v) is 7.96. The molecule has 2 rings (SSSR count). The van der Waals surface area contributed by atoms with Crippen LogP contribution in [0.1, 0.15) is 21.7 Å². The standard InChI is InChI=1S/C17H19BrN4O3S/c1-22(17(25)13-2-3-14(18)26-13)11-16(24)20-9-6-15(23)21-10-12-4-7-19-8-5-12/h2-5,7-8H,6,9-11H2,1H3,(H,20,24)(H,21,23). The number of halogens is 1. The molecule has 7 nitrogen and oxygen atoms in total. The van der Waals surface area contributed by atoms with E-state index in [9.17, 15) is 14.4 Å². The van der Waals surface area contributed by atoms with Gasteiger partial charge in [0.25, 0.3) is 5.91 Å². The van der Waals surface area contributed by atoms with Crippen molar-refractivity contribution in [1.82, 2.24) is 20.5 Å². The van der Waals surface area contributed by atoms with E-state index in [4.69, 9.17) is 0 Å². The first-order chi connectivity index (χ1) is 12.5. The molecule has 2 heterocycles. The molecule has 2 aromatic heterocycles. The summed E-state index contributed by atoms with van der Waals surface area (Å²) in [5.41, 5.74) is 0.956. The monoisotopic (exact) mass is 438 g/mol.